The number of fused-ring (bicyclic) bond motifs is 1. The van der Waals surface area contributed by atoms with Crippen molar-refractivity contribution in [1.29, 1.82) is 0 Å². The smallest absolute Gasteiger partial charge is 0.307 e. The Morgan fingerprint density at radius 2 is 2.17 bits per heavy atom. The molecular weight excluding hydrogens is 294 g/mol. The molecule has 0 saturated carbocycles. The maximum atomic E-state index is 13.0. The molecule has 1 atom stereocenters. The number of hydrogen-bond donors (Lipinski definition) is 0. The third-order valence-corrected chi connectivity index (χ3v) is 4.24. The first-order valence-electron chi connectivity index (χ1n) is 8.10. The van der Waals surface area contributed by atoms with E-state index in [9.17, 15) is 9.59 Å². The van der Waals surface area contributed by atoms with Crippen molar-refractivity contribution in [2.24, 2.45) is 0 Å². The van der Waals surface area contributed by atoms with Gasteiger partial charge in [0, 0.05) is 12.6 Å². The lowest BCUT2D eigenvalue weighted by atomic mass is 9.99. The van der Waals surface area contributed by atoms with Gasteiger partial charge < -0.3 is 9.64 Å². The van der Waals surface area contributed by atoms with Crippen LogP contribution in [0.15, 0.2) is 30.5 Å². The third-order valence-electron chi connectivity index (χ3n) is 4.24. The monoisotopic (exact) mass is 315 g/mol. The second-order valence-corrected chi connectivity index (χ2v) is 5.74. The summed E-state index contributed by atoms with van der Waals surface area (Å²) < 4.78 is 6.69. The quantitative estimate of drug-likeness (QED) is 0.812. The number of likely N-dealkylation sites (tertiary alicyclic amines) is 1. The number of carbonyl (C=O) groups excluding carboxylic acids is 2. The van der Waals surface area contributed by atoms with E-state index in [1.807, 2.05) is 18.2 Å². The highest BCUT2D eigenvalue weighted by atomic mass is 16.5. The molecule has 6 nitrogen and oxygen atoms in total. The van der Waals surface area contributed by atoms with Crippen LogP contribution < -0.4 is 0 Å². The minimum Gasteiger partial charge on any atom is -0.466 e. The fourth-order valence-corrected chi connectivity index (χ4v) is 3.15. The van der Waals surface area contributed by atoms with E-state index in [1.165, 1.54) is 0 Å². The van der Waals surface area contributed by atoms with Gasteiger partial charge in [-0.3, -0.25) is 9.59 Å². The Morgan fingerprint density at radius 3 is 3.00 bits per heavy atom. The molecule has 6 heteroatoms. The summed E-state index contributed by atoms with van der Waals surface area (Å²) >= 11 is 0. The number of esters is 1. The van der Waals surface area contributed by atoms with Crippen molar-refractivity contribution in [2.75, 3.05) is 13.2 Å². The van der Waals surface area contributed by atoms with E-state index in [0.29, 0.717) is 18.8 Å². The highest BCUT2D eigenvalue weighted by Crippen LogP contribution is 2.22. The van der Waals surface area contributed by atoms with Crippen molar-refractivity contribution in [3.05, 3.63) is 36.2 Å². The molecule has 0 spiro atoms. The van der Waals surface area contributed by atoms with E-state index in [0.717, 1.165) is 24.8 Å². The second kappa shape index (κ2) is 6.81. The summed E-state index contributed by atoms with van der Waals surface area (Å²) in [6, 6.07) is 7.31. The lowest BCUT2D eigenvalue weighted by Crippen LogP contribution is -2.45. The molecule has 0 aromatic carbocycles. The van der Waals surface area contributed by atoms with Crippen LogP contribution in [0.5, 0.6) is 0 Å². The molecule has 1 fully saturated rings. The van der Waals surface area contributed by atoms with Gasteiger partial charge in [-0.25, -0.2) is 4.52 Å². The summed E-state index contributed by atoms with van der Waals surface area (Å²) in [6.07, 6.45) is 4.76. The molecular formula is C17H21N3O3. The van der Waals surface area contributed by atoms with Gasteiger partial charge in [0.25, 0.3) is 5.91 Å². The van der Waals surface area contributed by atoms with Gasteiger partial charge in [0.15, 0.2) is 0 Å². The molecule has 1 aliphatic rings. The number of nitrogens with zero attached hydrogens (tertiary/aromatic N) is 3. The van der Waals surface area contributed by atoms with Gasteiger partial charge in [0.1, 0.15) is 5.69 Å². The summed E-state index contributed by atoms with van der Waals surface area (Å²) in [5, 5.41) is 4.23. The van der Waals surface area contributed by atoms with Crippen LogP contribution in [-0.2, 0) is 9.53 Å². The molecule has 122 valence electrons. The molecule has 1 aliphatic heterocycles. The van der Waals surface area contributed by atoms with Crippen LogP contribution in [0.3, 0.4) is 0 Å². The number of carbonyl (C=O) groups is 2. The van der Waals surface area contributed by atoms with E-state index < -0.39 is 0 Å². The highest BCUT2D eigenvalue weighted by molar-refractivity contribution is 5.93. The average molecular weight is 315 g/mol. The summed E-state index contributed by atoms with van der Waals surface area (Å²) in [5.74, 6) is -0.317. The van der Waals surface area contributed by atoms with Crippen molar-refractivity contribution >= 4 is 17.4 Å². The van der Waals surface area contributed by atoms with Gasteiger partial charge in [-0.2, -0.15) is 5.10 Å². The molecule has 0 bridgehead atoms. The fraction of sp³-hybridized carbons (Fsp3) is 0.471. The molecule has 3 heterocycles. The topological polar surface area (TPSA) is 63.9 Å². The summed E-state index contributed by atoms with van der Waals surface area (Å²) in [6.45, 7) is 2.83. The van der Waals surface area contributed by atoms with Crippen LogP contribution >= 0.6 is 0 Å². The van der Waals surface area contributed by atoms with Crippen LogP contribution in [0.25, 0.3) is 5.52 Å². The van der Waals surface area contributed by atoms with Gasteiger partial charge in [0.2, 0.25) is 0 Å². The Labute approximate surface area is 135 Å². The predicted octanol–water partition coefficient (Wildman–Crippen LogP) is 2.28. The van der Waals surface area contributed by atoms with Crippen LogP contribution in [0.1, 0.15) is 43.1 Å². The lowest BCUT2D eigenvalue weighted by molar-refractivity contribution is -0.144. The third kappa shape index (κ3) is 3.21. The van der Waals surface area contributed by atoms with Crippen molar-refractivity contribution in [2.45, 2.75) is 38.6 Å². The minimum atomic E-state index is -0.241. The van der Waals surface area contributed by atoms with Crippen molar-refractivity contribution in [1.82, 2.24) is 14.5 Å². The molecule has 1 amide bonds. The Morgan fingerprint density at radius 1 is 1.30 bits per heavy atom. The van der Waals surface area contributed by atoms with Crippen LogP contribution in [0, 0.1) is 0 Å². The first-order valence-corrected chi connectivity index (χ1v) is 8.10. The van der Waals surface area contributed by atoms with Gasteiger partial charge >= 0.3 is 5.97 Å². The van der Waals surface area contributed by atoms with Crippen LogP contribution in [0.2, 0.25) is 0 Å². The molecule has 1 saturated heterocycles. The number of pyridine rings is 1. The number of ether oxygens (including phenoxy) is 1. The Balaban J connectivity index is 1.83. The lowest BCUT2D eigenvalue weighted by Gasteiger charge is -2.35. The molecule has 0 unspecified atom stereocenters. The van der Waals surface area contributed by atoms with Gasteiger partial charge in [-0.15, -0.1) is 0 Å². The number of piperidine rings is 1. The maximum absolute atomic E-state index is 13.0. The minimum absolute atomic E-state index is 0.0756. The molecule has 2 aromatic heterocycles. The van der Waals surface area contributed by atoms with E-state index in [-0.39, 0.29) is 24.3 Å². The predicted molar refractivity (Wildman–Crippen MR) is 85.1 cm³/mol. The fourth-order valence-electron chi connectivity index (χ4n) is 3.15. The van der Waals surface area contributed by atoms with E-state index in [2.05, 4.69) is 5.10 Å². The Kier molecular flexibility index (Phi) is 4.60. The molecule has 23 heavy (non-hydrogen) atoms. The van der Waals surface area contributed by atoms with Crippen molar-refractivity contribution in [3.8, 4) is 0 Å². The zero-order chi connectivity index (χ0) is 16.2. The van der Waals surface area contributed by atoms with E-state index >= 15 is 0 Å². The zero-order valence-corrected chi connectivity index (χ0v) is 13.3. The van der Waals surface area contributed by atoms with Gasteiger partial charge in [-0.05, 0) is 44.4 Å². The number of rotatable bonds is 4. The highest BCUT2D eigenvalue weighted by Gasteiger charge is 2.30. The van der Waals surface area contributed by atoms with Crippen molar-refractivity contribution in [3.63, 3.8) is 0 Å². The number of hydrogen-bond acceptors (Lipinski definition) is 4. The summed E-state index contributed by atoms with van der Waals surface area (Å²) in [5.41, 5.74) is 1.41. The van der Waals surface area contributed by atoms with Crippen LogP contribution in [0.4, 0.5) is 0 Å². The molecule has 2 aromatic rings. The van der Waals surface area contributed by atoms with Crippen molar-refractivity contribution < 1.29 is 14.3 Å². The Hall–Kier alpha value is -2.37. The van der Waals surface area contributed by atoms with E-state index in [4.69, 9.17) is 4.74 Å². The van der Waals surface area contributed by atoms with Crippen LogP contribution in [-0.4, -0.2) is 45.6 Å². The number of amides is 1. The molecule has 0 aliphatic carbocycles. The second-order valence-electron chi connectivity index (χ2n) is 5.74. The Bertz CT molecular complexity index is 710. The first-order chi connectivity index (χ1) is 11.2. The SMILES string of the molecule is CCOC(=O)C[C@@H]1CCCCN1C(=O)c1cccc2ccnn12. The standard InChI is InChI=1S/C17H21N3O3/c1-2-23-16(21)12-14-6-3-4-11-19(14)17(22)15-8-5-7-13-9-10-18-20(13)15/h5,7-10,14H,2-4,6,11-12H2,1H3/t14-/m0/s1. The zero-order valence-electron chi connectivity index (χ0n) is 13.3. The molecule has 0 N–H and O–H groups in total. The average Bonchev–Trinajstić information content (AvgIpc) is 3.03. The largest absolute Gasteiger partial charge is 0.466 e. The van der Waals surface area contributed by atoms with E-state index in [1.54, 1.807) is 28.6 Å². The van der Waals surface area contributed by atoms with Gasteiger partial charge in [0.05, 0.1) is 24.7 Å². The van der Waals surface area contributed by atoms with Gasteiger partial charge in [-0.1, -0.05) is 6.07 Å². The summed E-state index contributed by atoms with van der Waals surface area (Å²) in [7, 11) is 0. The maximum Gasteiger partial charge on any atom is 0.307 e. The molecule has 0 radical (unpaired) electrons. The first kappa shape index (κ1) is 15.5. The molecule has 3 rings (SSSR count). The number of aromatic nitrogens is 2. The normalized spacial score (nSPS) is 18.1. The summed E-state index contributed by atoms with van der Waals surface area (Å²) in [4.78, 5) is 26.6.